The van der Waals surface area contributed by atoms with Crippen molar-refractivity contribution in [3.8, 4) is 0 Å². The van der Waals surface area contributed by atoms with Crippen LogP contribution in [0.3, 0.4) is 0 Å². The molecule has 0 aliphatic carbocycles. The van der Waals surface area contributed by atoms with Crippen LogP contribution < -0.4 is 4.90 Å². The second-order valence-electron chi connectivity index (χ2n) is 5.56. The number of carbonyl (C=O) groups is 1. The molecular weight excluding hydrogens is 278 g/mol. The van der Waals surface area contributed by atoms with Gasteiger partial charge in [-0.1, -0.05) is 0 Å². The SMILES string of the molecule is CC1CC(c2ncccn2)C(=O)N1c1ccc2nc[nH]c2c1. The quantitative estimate of drug-likeness (QED) is 0.786. The van der Waals surface area contributed by atoms with E-state index in [4.69, 9.17) is 0 Å². The lowest BCUT2D eigenvalue weighted by Crippen LogP contribution is -2.31. The summed E-state index contributed by atoms with van der Waals surface area (Å²) in [7, 11) is 0. The molecule has 1 N–H and O–H groups in total. The van der Waals surface area contributed by atoms with Gasteiger partial charge in [-0.2, -0.15) is 0 Å². The van der Waals surface area contributed by atoms with Crippen LogP contribution in [-0.4, -0.2) is 31.9 Å². The lowest BCUT2D eigenvalue weighted by atomic mass is 10.1. The number of carbonyl (C=O) groups excluding carboxylic acids is 1. The molecule has 2 atom stereocenters. The first-order chi connectivity index (χ1) is 10.7. The van der Waals surface area contributed by atoms with Crippen LogP contribution in [0, 0.1) is 0 Å². The Kier molecular flexibility index (Phi) is 2.89. The van der Waals surface area contributed by atoms with Crippen molar-refractivity contribution >= 4 is 22.6 Å². The van der Waals surface area contributed by atoms with Crippen molar-refractivity contribution < 1.29 is 4.79 Å². The Hall–Kier alpha value is -2.76. The average Bonchev–Trinajstić information content (AvgIpc) is 3.12. The van der Waals surface area contributed by atoms with Crippen LogP contribution in [0.5, 0.6) is 0 Å². The second kappa shape index (κ2) is 4.91. The number of imidazole rings is 1. The number of nitrogens with zero attached hydrogens (tertiary/aromatic N) is 4. The van der Waals surface area contributed by atoms with Gasteiger partial charge in [0.1, 0.15) is 11.7 Å². The van der Waals surface area contributed by atoms with Crippen molar-refractivity contribution in [3.63, 3.8) is 0 Å². The minimum absolute atomic E-state index is 0.0533. The van der Waals surface area contributed by atoms with E-state index >= 15 is 0 Å². The van der Waals surface area contributed by atoms with Gasteiger partial charge in [0.25, 0.3) is 0 Å². The van der Waals surface area contributed by atoms with E-state index in [0.717, 1.165) is 23.1 Å². The molecule has 0 saturated carbocycles. The molecule has 0 spiro atoms. The molecule has 2 aromatic heterocycles. The number of benzene rings is 1. The van der Waals surface area contributed by atoms with Gasteiger partial charge in [-0.05, 0) is 37.6 Å². The van der Waals surface area contributed by atoms with E-state index in [1.165, 1.54) is 0 Å². The lowest BCUT2D eigenvalue weighted by Gasteiger charge is -2.21. The van der Waals surface area contributed by atoms with Gasteiger partial charge in [0.2, 0.25) is 5.91 Å². The van der Waals surface area contributed by atoms with Crippen LogP contribution in [-0.2, 0) is 4.79 Å². The summed E-state index contributed by atoms with van der Waals surface area (Å²) in [5.41, 5.74) is 2.70. The minimum atomic E-state index is -0.270. The van der Waals surface area contributed by atoms with Crippen molar-refractivity contribution in [2.45, 2.75) is 25.3 Å². The van der Waals surface area contributed by atoms with Gasteiger partial charge in [0, 0.05) is 24.1 Å². The second-order valence-corrected chi connectivity index (χ2v) is 5.56. The van der Waals surface area contributed by atoms with E-state index in [1.807, 2.05) is 23.1 Å². The first kappa shape index (κ1) is 12.9. The molecule has 3 aromatic rings. The maximum Gasteiger partial charge on any atom is 0.238 e. The third-order valence-electron chi connectivity index (χ3n) is 4.13. The standard InChI is InChI=1S/C16H15N5O/c1-10-7-12(15-17-5-2-6-18-15)16(22)21(10)11-3-4-13-14(8-11)20-9-19-13/h2-6,8-10,12H,7H2,1H3,(H,19,20). The van der Waals surface area contributed by atoms with E-state index < -0.39 is 0 Å². The first-order valence-electron chi connectivity index (χ1n) is 7.27. The van der Waals surface area contributed by atoms with Crippen LogP contribution in [0.2, 0.25) is 0 Å². The van der Waals surface area contributed by atoms with E-state index in [-0.39, 0.29) is 17.9 Å². The Morgan fingerprint density at radius 2 is 2.05 bits per heavy atom. The molecule has 2 unspecified atom stereocenters. The van der Waals surface area contributed by atoms with Crippen LogP contribution in [0.25, 0.3) is 11.0 Å². The highest BCUT2D eigenvalue weighted by Gasteiger charge is 2.40. The minimum Gasteiger partial charge on any atom is -0.345 e. The molecule has 1 amide bonds. The first-order valence-corrected chi connectivity index (χ1v) is 7.27. The fourth-order valence-electron chi connectivity index (χ4n) is 3.09. The molecular formula is C16H15N5O. The number of rotatable bonds is 2. The van der Waals surface area contributed by atoms with Gasteiger partial charge in [-0.25, -0.2) is 15.0 Å². The Bertz CT molecular complexity index is 829. The molecule has 1 saturated heterocycles. The molecule has 1 fully saturated rings. The number of fused-ring (bicyclic) bond motifs is 1. The highest BCUT2D eigenvalue weighted by atomic mass is 16.2. The summed E-state index contributed by atoms with van der Waals surface area (Å²) in [6.45, 7) is 2.05. The third-order valence-corrected chi connectivity index (χ3v) is 4.13. The summed E-state index contributed by atoms with van der Waals surface area (Å²) in [5, 5.41) is 0. The zero-order chi connectivity index (χ0) is 15.1. The Morgan fingerprint density at radius 3 is 2.86 bits per heavy atom. The molecule has 1 aromatic carbocycles. The van der Waals surface area contributed by atoms with E-state index in [0.29, 0.717) is 5.82 Å². The number of anilines is 1. The van der Waals surface area contributed by atoms with Gasteiger partial charge >= 0.3 is 0 Å². The summed E-state index contributed by atoms with van der Waals surface area (Å²) >= 11 is 0. The topological polar surface area (TPSA) is 74.8 Å². The number of hydrogen-bond donors (Lipinski definition) is 1. The van der Waals surface area contributed by atoms with E-state index in [2.05, 4.69) is 26.9 Å². The monoisotopic (exact) mass is 293 g/mol. The van der Waals surface area contributed by atoms with Crippen molar-refractivity contribution in [1.29, 1.82) is 0 Å². The Balaban J connectivity index is 1.71. The lowest BCUT2D eigenvalue weighted by molar-refractivity contribution is -0.118. The molecule has 1 aliphatic rings. The Morgan fingerprint density at radius 1 is 1.23 bits per heavy atom. The summed E-state index contributed by atoms with van der Waals surface area (Å²) < 4.78 is 0. The Labute approximate surface area is 127 Å². The van der Waals surface area contributed by atoms with E-state index in [1.54, 1.807) is 24.8 Å². The fraction of sp³-hybridized carbons (Fsp3) is 0.250. The smallest absolute Gasteiger partial charge is 0.238 e. The highest BCUT2D eigenvalue weighted by Crippen LogP contribution is 2.35. The maximum atomic E-state index is 12.8. The summed E-state index contributed by atoms with van der Waals surface area (Å²) in [4.78, 5) is 30.4. The summed E-state index contributed by atoms with van der Waals surface area (Å²) in [6.07, 6.45) is 5.74. The molecule has 0 radical (unpaired) electrons. The van der Waals surface area contributed by atoms with Crippen molar-refractivity contribution in [1.82, 2.24) is 19.9 Å². The van der Waals surface area contributed by atoms with Crippen molar-refractivity contribution in [2.75, 3.05) is 4.90 Å². The summed E-state index contributed by atoms with van der Waals surface area (Å²) in [6, 6.07) is 7.70. The normalized spacial score (nSPS) is 21.7. The van der Waals surface area contributed by atoms with Gasteiger partial charge in [0.05, 0.1) is 17.4 Å². The van der Waals surface area contributed by atoms with Gasteiger partial charge in [-0.3, -0.25) is 4.79 Å². The molecule has 110 valence electrons. The average molecular weight is 293 g/mol. The van der Waals surface area contributed by atoms with Crippen molar-refractivity contribution in [2.24, 2.45) is 0 Å². The van der Waals surface area contributed by atoms with E-state index in [9.17, 15) is 4.79 Å². The molecule has 6 heteroatoms. The number of aromatic amines is 1. The number of amides is 1. The third kappa shape index (κ3) is 1.95. The number of H-pyrrole nitrogens is 1. The van der Waals surface area contributed by atoms with Crippen LogP contribution in [0.1, 0.15) is 25.1 Å². The van der Waals surface area contributed by atoms with Crippen molar-refractivity contribution in [3.05, 3.63) is 48.8 Å². The number of aromatic nitrogens is 4. The molecule has 4 rings (SSSR count). The molecule has 1 aliphatic heterocycles. The van der Waals surface area contributed by atoms with Gasteiger partial charge in [0.15, 0.2) is 0 Å². The maximum absolute atomic E-state index is 12.8. The zero-order valence-electron chi connectivity index (χ0n) is 12.1. The van der Waals surface area contributed by atoms with Crippen LogP contribution in [0.4, 0.5) is 5.69 Å². The molecule has 3 heterocycles. The van der Waals surface area contributed by atoms with Crippen LogP contribution >= 0.6 is 0 Å². The number of hydrogen-bond acceptors (Lipinski definition) is 4. The van der Waals surface area contributed by atoms with Gasteiger partial charge < -0.3 is 9.88 Å². The summed E-state index contributed by atoms with van der Waals surface area (Å²) in [5.74, 6) is 0.385. The molecule has 22 heavy (non-hydrogen) atoms. The molecule has 6 nitrogen and oxygen atoms in total. The predicted octanol–water partition coefficient (Wildman–Crippen LogP) is 2.26. The van der Waals surface area contributed by atoms with Gasteiger partial charge in [-0.15, -0.1) is 0 Å². The molecule has 0 bridgehead atoms. The number of nitrogens with one attached hydrogen (secondary N) is 1. The highest BCUT2D eigenvalue weighted by molar-refractivity contribution is 6.01. The predicted molar refractivity (Wildman–Crippen MR) is 82.4 cm³/mol. The fourth-order valence-corrected chi connectivity index (χ4v) is 3.09. The zero-order valence-corrected chi connectivity index (χ0v) is 12.1. The van der Waals surface area contributed by atoms with Crippen LogP contribution in [0.15, 0.2) is 43.0 Å². The largest absolute Gasteiger partial charge is 0.345 e.